The molecule has 0 saturated carbocycles. The number of fused-ring (bicyclic) bond motifs is 1. The maximum absolute atomic E-state index is 14.1. The summed E-state index contributed by atoms with van der Waals surface area (Å²) in [6.07, 6.45) is 3.53. The smallest absolute Gasteiger partial charge is 0.229 e. The molecule has 2 N–H and O–H groups in total. The van der Waals surface area contributed by atoms with E-state index in [9.17, 15) is 9.59 Å². The average molecular weight is 497 g/mol. The van der Waals surface area contributed by atoms with Gasteiger partial charge in [-0.25, -0.2) is 0 Å². The van der Waals surface area contributed by atoms with E-state index in [-0.39, 0.29) is 23.7 Å². The Balaban J connectivity index is 1.43. The van der Waals surface area contributed by atoms with Crippen molar-refractivity contribution in [3.05, 3.63) is 144 Å². The fourth-order valence-electron chi connectivity index (χ4n) is 6.16. The lowest BCUT2D eigenvalue weighted by Gasteiger charge is -2.49. The molecule has 4 aromatic rings. The summed E-state index contributed by atoms with van der Waals surface area (Å²) in [6.45, 7) is 7.60. The van der Waals surface area contributed by atoms with Gasteiger partial charge in [0.15, 0.2) is 0 Å². The third-order valence-corrected chi connectivity index (χ3v) is 7.87. The molecule has 3 aliphatic carbocycles. The molecule has 7 rings (SSSR count). The van der Waals surface area contributed by atoms with E-state index in [1.807, 2.05) is 72.8 Å². The molecule has 2 bridgehead atoms. The molecule has 0 heterocycles. The largest absolute Gasteiger partial charge is 0.326 e. The van der Waals surface area contributed by atoms with Crippen LogP contribution in [0.4, 0.5) is 11.4 Å². The lowest BCUT2D eigenvalue weighted by molar-refractivity contribution is -0.131. The predicted molar refractivity (Wildman–Crippen MR) is 154 cm³/mol. The second-order valence-electron chi connectivity index (χ2n) is 9.90. The van der Waals surface area contributed by atoms with Crippen molar-refractivity contribution in [2.75, 3.05) is 10.6 Å². The summed E-state index contributed by atoms with van der Waals surface area (Å²) in [4.78, 5) is 28.1. The summed E-state index contributed by atoms with van der Waals surface area (Å²) in [5, 5.41) is 6.22. The first-order valence-electron chi connectivity index (χ1n) is 12.8. The van der Waals surface area contributed by atoms with Crippen molar-refractivity contribution in [1.82, 2.24) is 0 Å². The van der Waals surface area contributed by atoms with Crippen LogP contribution in [0.15, 0.2) is 110 Å². The SMILES string of the molecule is C=Cc1ccc(NC(=O)[C@H]2C3c4ccccc4C(c4ccccc43)[C@@H]2C(=O)Nc2ccc(C=C)cc2)cc1. The van der Waals surface area contributed by atoms with Gasteiger partial charge in [0, 0.05) is 23.2 Å². The summed E-state index contributed by atoms with van der Waals surface area (Å²) >= 11 is 0. The molecule has 3 aliphatic rings. The zero-order chi connectivity index (χ0) is 26.2. The molecule has 0 radical (unpaired) electrons. The Labute approximate surface area is 222 Å². The van der Waals surface area contributed by atoms with Crippen LogP contribution in [0.2, 0.25) is 0 Å². The van der Waals surface area contributed by atoms with Gasteiger partial charge in [-0.05, 0) is 57.6 Å². The number of carbonyl (C=O) groups excluding carboxylic acids is 2. The minimum absolute atomic E-state index is 0.155. The third kappa shape index (κ3) is 3.95. The molecule has 0 fully saturated rings. The standard InChI is InChI=1S/C34H28N2O2/c1-3-21-13-17-23(18-14-21)35-33(37)31-29-25-9-5-7-11-27(25)30(28-12-8-6-10-26(28)29)32(31)34(38)36-24-19-15-22(4-2)16-20-24/h3-20,29-32H,1-2H2,(H,35,37)(H,36,38)/t29?,30?,31-,32-/m0/s1. The molecule has 38 heavy (non-hydrogen) atoms. The monoisotopic (exact) mass is 496 g/mol. The molecule has 4 aromatic carbocycles. The molecule has 0 aliphatic heterocycles. The van der Waals surface area contributed by atoms with Crippen LogP contribution in [0.25, 0.3) is 12.2 Å². The maximum Gasteiger partial charge on any atom is 0.229 e. The molecule has 2 amide bonds. The molecule has 4 heteroatoms. The number of rotatable bonds is 6. The topological polar surface area (TPSA) is 58.2 Å². The Morgan fingerprint density at radius 1 is 0.526 bits per heavy atom. The van der Waals surface area contributed by atoms with Gasteiger partial charge in [-0.15, -0.1) is 0 Å². The first-order valence-corrected chi connectivity index (χ1v) is 12.8. The van der Waals surface area contributed by atoms with Gasteiger partial charge in [-0.2, -0.15) is 0 Å². The number of amides is 2. The first-order chi connectivity index (χ1) is 18.6. The zero-order valence-corrected chi connectivity index (χ0v) is 20.9. The van der Waals surface area contributed by atoms with Crippen LogP contribution in [0.1, 0.15) is 45.2 Å². The Morgan fingerprint density at radius 2 is 0.842 bits per heavy atom. The van der Waals surface area contributed by atoms with Crippen LogP contribution in [0.3, 0.4) is 0 Å². The summed E-state index contributed by atoms with van der Waals surface area (Å²) in [5.41, 5.74) is 7.83. The Bertz CT molecular complexity index is 1390. The number of carbonyl (C=O) groups is 2. The fraction of sp³-hybridized carbons (Fsp3) is 0.118. The molecular formula is C34H28N2O2. The van der Waals surface area contributed by atoms with Gasteiger partial charge in [0.2, 0.25) is 11.8 Å². The van der Waals surface area contributed by atoms with Crippen molar-refractivity contribution in [2.45, 2.75) is 11.8 Å². The lowest BCUT2D eigenvalue weighted by atomic mass is 9.53. The quantitative estimate of drug-likeness (QED) is 0.300. The van der Waals surface area contributed by atoms with Crippen LogP contribution in [0.5, 0.6) is 0 Å². The fourth-order valence-corrected chi connectivity index (χ4v) is 6.16. The van der Waals surface area contributed by atoms with E-state index in [0.29, 0.717) is 11.4 Å². The maximum atomic E-state index is 14.1. The lowest BCUT2D eigenvalue weighted by Crippen LogP contribution is -2.50. The van der Waals surface area contributed by atoms with E-state index in [0.717, 1.165) is 33.4 Å². The van der Waals surface area contributed by atoms with Crippen molar-refractivity contribution in [1.29, 1.82) is 0 Å². The number of hydrogen-bond acceptors (Lipinski definition) is 2. The van der Waals surface area contributed by atoms with E-state index < -0.39 is 11.8 Å². The Hall–Kier alpha value is -4.70. The van der Waals surface area contributed by atoms with Gasteiger partial charge < -0.3 is 10.6 Å². The van der Waals surface area contributed by atoms with Crippen LogP contribution < -0.4 is 10.6 Å². The third-order valence-electron chi connectivity index (χ3n) is 7.87. The van der Waals surface area contributed by atoms with Gasteiger partial charge in [0.05, 0.1) is 11.8 Å². The van der Waals surface area contributed by atoms with E-state index in [2.05, 4.69) is 48.1 Å². The predicted octanol–water partition coefficient (Wildman–Crippen LogP) is 7.07. The Morgan fingerprint density at radius 3 is 1.13 bits per heavy atom. The minimum Gasteiger partial charge on any atom is -0.326 e. The first kappa shape index (κ1) is 23.7. The minimum atomic E-state index is -0.573. The highest BCUT2D eigenvalue weighted by Gasteiger charge is 2.55. The number of anilines is 2. The van der Waals surface area contributed by atoms with E-state index in [1.165, 1.54) is 0 Å². The molecule has 0 aromatic heterocycles. The van der Waals surface area contributed by atoms with Gasteiger partial charge in [-0.3, -0.25) is 9.59 Å². The summed E-state index contributed by atoms with van der Waals surface area (Å²) in [6, 6.07) is 31.6. The average Bonchev–Trinajstić information content (AvgIpc) is 2.97. The van der Waals surface area contributed by atoms with Crippen molar-refractivity contribution < 1.29 is 9.59 Å². The van der Waals surface area contributed by atoms with Crippen LogP contribution >= 0.6 is 0 Å². The highest BCUT2D eigenvalue weighted by atomic mass is 16.2. The normalized spacial score (nSPS) is 20.5. The van der Waals surface area contributed by atoms with Crippen molar-refractivity contribution >= 4 is 35.3 Å². The van der Waals surface area contributed by atoms with Gasteiger partial charge in [0.25, 0.3) is 0 Å². The molecular weight excluding hydrogens is 468 g/mol. The van der Waals surface area contributed by atoms with E-state index >= 15 is 0 Å². The van der Waals surface area contributed by atoms with Gasteiger partial charge in [0.1, 0.15) is 0 Å². The highest BCUT2D eigenvalue weighted by Crippen LogP contribution is 2.58. The van der Waals surface area contributed by atoms with E-state index in [4.69, 9.17) is 0 Å². The van der Waals surface area contributed by atoms with Gasteiger partial charge in [-0.1, -0.05) is 98.1 Å². The molecule has 2 atom stereocenters. The molecule has 186 valence electrons. The van der Waals surface area contributed by atoms with Crippen molar-refractivity contribution in [3.8, 4) is 0 Å². The van der Waals surface area contributed by atoms with Crippen molar-refractivity contribution in [2.24, 2.45) is 11.8 Å². The molecule has 0 unspecified atom stereocenters. The summed E-state index contributed by atoms with van der Waals surface area (Å²) in [5.74, 6) is -1.90. The van der Waals surface area contributed by atoms with Crippen LogP contribution in [-0.4, -0.2) is 11.8 Å². The number of nitrogens with one attached hydrogen (secondary N) is 2. The van der Waals surface area contributed by atoms with E-state index in [1.54, 1.807) is 12.2 Å². The van der Waals surface area contributed by atoms with Crippen LogP contribution in [-0.2, 0) is 9.59 Å². The molecule has 0 saturated heterocycles. The number of hydrogen-bond donors (Lipinski definition) is 2. The zero-order valence-electron chi connectivity index (χ0n) is 20.9. The summed E-state index contributed by atoms with van der Waals surface area (Å²) < 4.78 is 0. The second-order valence-corrected chi connectivity index (χ2v) is 9.90. The number of benzene rings is 4. The molecule has 0 spiro atoms. The van der Waals surface area contributed by atoms with Gasteiger partial charge >= 0.3 is 0 Å². The second kappa shape index (κ2) is 9.64. The highest BCUT2D eigenvalue weighted by molar-refractivity contribution is 6.02. The van der Waals surface area contributed by atoms with Crippen LogP contribution in [0, 0.1) is 11.8 Å². The van der Waals surface area contributed by atoms with Crippen molar-refractivity contribution in [3.63, 3.8) is 0 Å². The summed E-state index contributed by atoms with van der Waals surface area (Å²) in [7, 11) is 0. The Kier molecular flexibility index (Phi) is 6.01. The molecule has 4 nitrogen and oxygen atoms in total.